The number of hydrogen-bond acceptors (Lipinski definition) is 3. The van der Waals surface area contributed by atoms with Crippen LogP contribution in [0, 0.1) is 6.92 Å². The number of amides is 1. The molecule has 0 aromatic carbocycles. The number of fused-ring (bicyclic) bond motifs is 1. The molecule has 118 valence electrons. The quantitative estimate of drug-likeness (QED) is 0.857. The smallest absolute Gasteiger partial charge is 0.280 e. The third-order valence-electron chi connectivity index (χ3n) is 3.97. The molecule has 1 amide bonds. The lowest BCUT2D eigenvalue weighted by molar-refractivity contribution is 0.0763. The van der Waals surface area contributed by atoms with Crippen molar-refractivity contribution in [1.29, 1.82) is 0 Å². The second-order valence-electron chi connectivity index (χ2n) is 5.62. The second kappa shape index (κ2) is 5.98. The molecular formula is C15H18F2N4O. The molecule has 3 heterocycles. The lowest BCUT2D eigenvalue weighted by Crippen LogP contribution is -2.31. The van der Waals surface area contributed by atoms with Gasteiger partial charge in [0.05, 0.1) is 6.20 Å². The Morgan fingerprint density at radius 2 is 1.91 bits per heavy atom. The van der Waals surface area contributed by atoms with E-state index in [0.717, 1.165) is 30.2 Å². The standard InChI is InChI=1S/C15H18F2N4O/c1-10-8-12(13(16)17)21-14(19-10)11(9-18-21)15(22)20-6-4-2-3-5-7-20/h8-9,13H,2-7H2,1H3. The third kappa shape index (κ3) is 2.67. The van der Waals surface area contributed by atoms with Crippen LogP contribution in [0.4, 0.5) is 8.78 Å². The topological polar surface area (TPSA) is 50.5 Å². The number of carbonyl (C=O) groups is 1. The third-order valence-corrected chi connectivity index (χ3v) is 3.97. The molecular weight excluding hydrogens is 290 g/mol. The number of nitrogens with zero attached hydrogens (tertiary/aromatic N) is 4. The number of aromatic nitrogens is 3. The summed E-state index contributed by atoms with van der Waals surface area (Å²) in [6, 6.07) is 1.30. The van der Waals surface area contributed by atoms with E-state index in [9.17, 15) is 13.6 Å². The van der Waals surface area contributed by atoms with Gasteiger partial charge in [-0.1, -0.05) is 12.8 Å². The first-order valence-electron chi connectivity index (χ1n) is 7.50. The lowest BCUT2D eigenvalue weighted by Gasteiger charge is -2.19. The van der Waals surface area contributed by atoms with Crippen molar-refractivity contribution in [3.05, 3.63) is 29.2 Å². The highest BCUT2D eigenvalue weighted by Crippen LogP contribution is 2.23. The summed E-state index contributed by atoms with van der Waals surface area (Å²) in [6.45, 7) is 3.03. The zero-order valence-electron chi connectivity index (χ0n) is 12.4. The molecule has 1 saturated heterocycles. The maximum atomic E-state index is 13.1. The number of carbonyl (C=O) groups excluding carboxylic acids is 1. The molecule has 0 unspecified atom stereocenters. The van der Waals surface area contributed by atoms with Crippen LogP contribution in [0.5, 0.6) is 0 Å². The molecule has 0 spiro atoms. The molecule has 1 aliphatic heterocycles. The van der Waals surface area contributed by atoms with E-state index in [1.54, 1.807) is 11.8 Å². The summed E-state index contributed by atoms with van der Waals surface area (Å²) >= 11 is 0. The van der Waals surface area contributed by atoms with E-state index in [1.165, 1.54) is 12.3 Å². The van der Waals surface area contributed by atoms with Gasteiger partial charge < -0.3 is 4.90 Å². The predicted octanol–water partition coefficient (Wildman–Crippen LogP) is 2.99. The Morgan fingerprint density at radius 1 is 1.23 bits per heavy atom. The van der Waals surface area contributed by atoms with Gasteiger partial charge in [-0.25, -0.2) is 18.3 Å². The van der Waals surface area contributed by atoms with Gasteiger partial charge in [0, 0.05) is 18.8 Å². The summed E-state index contributed by atoms with van der Waals surface area (Å²) in [6.07, 6.45) is 2.86. The number of alkyl halides is 2. The van der Waals surface area contributed by atoms with E-state index in [1.807, 2.05) is 0 Å². The lowest BCUT2D eigenvalue weighted by atomic mass is 10.2. The van der Waals surface area contributed by atoms with Gasteiger partial charge in [-0.05, 0) is 25.8 Å². The SMILES string of the molecule is Cc1cc(C(F)F)n2ncc(C(=O)N3CCCCCC3)c2n1. The summed E-state index contributed by atoms with van der Waals surface area (Å²) in [5.41, 5.74) is 0.725. The first kappa shape index (κ1) is 14.9. The highest BCUT2D eigenvalue weighted by atomic mass is 19.3. The normalized spacial score (nSPS) is 16.3. The molecule has 2 aromatic rings. The Labute approximate surface area is 126 Å². The Morgan fingerprint density at radius 3 is 2.55 bits per heavy atom. The summed E-state index contributed by atoms with van der Waals surface area (Å²) in [4.78, 5) is 18.7. The molecule has 0 atom stereocenters. The zero-order chi connectivity index (χ0) is 15.7. The van der Waals surface area contributed by atoms with Crippen molar-refractivity contribution in [2.24, 2.45) is 0 Å². The van der Waals surface area contributed by atoms with Gasteiger partial charge in [0.15, 0.2) is 5.65 Å². The predicted molar refractivity (Wildman–Crippen MR) is 77.1 cm³/mol. The van der Waals surface area contributed by atoms with E-state index in [-0.39, 0.29) is 17.2 Å². The number of likely N-dealkylation sites (tertiary alicyclic amines) is 1. The fourth-order valence-electron chi connectivity index (χ4n) is 2.86. The maximum absolute atomic E-state index is 13.1. The molecule has 0 N–H and O–H groups in total. The van der Waals surface area contributed by atoms with Gasteiger partial charge in [0.25, 0.3) is 12.3 Å². The molecule has 2 aromatic heterocycles. The summed E-state index contributed by atoms with van der Waals surface area (Å²) in [5.74, 6) is -0.171. The van der Waals surface area contributed by atoms with Crippen molar-refractivity contribution in [2.45, 2.75) is 39.0 Å². The van der Waals surface area contributed by atoms with E-state index in [2.05, 4.69) is 10.1 Å². The molecule has 0 saturated carbocycles. The largest absolute Gasteiger partial charge is 0.338 e. The van der Waals surface area contributed by atoms with Gasteiger partial charge in [-0.2, -0.15) is 5.10 Å². The van der Waals surface area contributed by atoms with Crippen LogP contribution in [0.3, 0.4) is 0 Å². The van der Waals surface area contributed by atoms with Crippen molar-refractivity contribution in [2.75, 3.05) is 13.1 Å². The van der Waals surface area contributed by atoms with Crippen LogP contribution >= 0.6 is 0 Å². The van der Waals surface area contributed by atoms with Crippen LogP contribution in [-0.4, -0.2) is 38.5 Å². The Kier molecular flexibility index (Phi) is 4.04. The number of halogens is 2. The van der Waals surface area contributed by atoms with Gasteiger partial charge in [-0.3, -0.25) is 4.79 Å². The Hall–Kier alpha value is -2.05. The van der Waals surface area contributed by atoms with E-state index in [4.69, 9.17) is 0 Å². The van der Waals surface area contributed by atoms with Crippen molar-refractivity contribution in [3.63, 3.8) is 0 Å². The van der Waals surface area contributed by atoms with E-state index in [0.29, 0.717) is 24.3 Å². The van der Waals surface area contributed by atoms with Gasteiger partial charge in [0.1, 0.15) is 11.3 Å². The Bertz CT molecular complexity index is 690. The summed E-state index contributed by atoms with van der Waals surface area (Å²) in [5, 5.41) is 3.95. The summed E-state index contributed by atoms with van der Waals surface area (Å²) < 4.78 is 27.3. The molecule has 7 heteroatoms. The van der Waals surface area contributed by atoms with Crippen LogP contribution in [0.2, 0.25) is 0 Å². The Balaban J connectivity index is 2.02. The van der Waals surface area contributed by atoms with E-state index < -0.39 is 6.43 Å². The van der Waals surface area contributed by atoms with Gasteiger partial charge in [-0.15, -0.1) is 0 Å². The van der Waals surface area contributed by atoms with Crippen LogP contribution < -0.4 is 0 Å². The number of rotatable bonds is 2. The second-order valence-corrected chi connectivity index (χ2v) is 5.62. The van der Waals surface area contributed by atoms with Crippen LogP contribution in [-0.2, 0) is 0 Å². The van der Waals surface area contributed by atoms with Crippen LogP contribution in [0.25, 0.3) is 5.65 Å². The first-order valence-corrected chi connectivity index (χ1v) is 7.50. The van der Waals surface area contributed by atoms with Crippen molar-refractivity contribution < 1.29 is 13.6 Å². The molecule has 1 aliphatic rings. The first-order chi connectivity index (χ1) is 10.6. The van der Waals surface area contributed by atoms with Crippen molar-refractivity contribution in [1.82, 2.24) is 19.5 Å². The molecule has 0 radical (unpaired) electrons. The highest BCUT2D eigenvalue weighted by molar-refractivity contribution is 5.99. The van der Waals surface area contributed by atoms with E-state index >= 15 is 0 Å². The van der Waals surface area contributed by atoms with Crippen molar-refractivity contribution in [3.8, 4) is 0 Å². The van der Waals surface area contributed by atoms with Crippen LogP contribution in [0.1, 0.15) is 53.9 Å². The van der Waals surface area contributed by atoms with Gasteiger partial charge >= 0.3 is 0 Å². The van der Waals surface area contributed by atoms with Crippen LogP contribution in [0.15, 0.2) is 12.3 Å². The molecule has 3 rings (SSSR count). The fourth-order valence-corrected chi connectivity index (χ4v) is 2.86. The summed E-state index contributed by atoms with van der Waals surface area (Å²) in [7, 11) is 0. The zero-order valence-corrected chi connectivity index (χ0v) is 12.4. The highest BCUT2D eigenvalue weighted by Gasteiger charge is 2.24. The molecule has 1 fully saturated rings. The van der Waals surface area contributed by atoms with Crippen molar-refractivity contribution >= 4 is 11.6 Å². The molecule has 5 nitrogen and oxygen atoms in total. The fraction of sp³-hybridized carbons (Fsp3) is 0.533. The maximum Gasteiger partial charge on any atom is 0.280 e. The average Bonchev–Trinajstić information content (AvgIpc) is 2.72. The molecule has 0 bridgehead atoms. The van der Waals surface area contributed by atoms with Gasteiger partial charge in [0.2, 0.25) is 0 Å². The number of hydrogen-bond donors (Lipinski definition) is 0. The monoisotopic (exact) mass is 308 g/mol. The number of aryl methyl sites for hydroxylation is 1. The minimum absolute atomic E-state index is 0.171. The molecule has 0 aliphatic carbocycles. The average molecular weight is 308 g/mol. The minimum atomic E-state index is -2.66. The minimum Gasteiger partial charge on any atom is -0.338 e. The molecule has 22 heavy (non-hydrogen) atoms.